The lowest BCUT2D eigenvalue weighted by Crippen LogP contribution is -2.40. The number of nitrogens with one attached hydrogen (secondary N) is 1. The number of aryl methyl sites for hydroxylation is 2. The van der Waals surface area contributed by atoms with Gasteiger partial charge in [-0.05, 0) is 49.7 Å². The minimum Gasteiger partial charge on any atom is -0.494 e. The molecule has 0 radical (unpaired) electrons. The van der Waals surface area contributed by atoms with Gasteiger partial charge >= 0.3 is 6.03 Å². The van der Waals surface area contributed by atoms with E-state index < -0.39 is 0 Å². The number of anilines is 2. The molecule has 2 amide bonds. The van der Waals surface area contributed by atoms with E-state index in [9.17, 15) is 4.79 Å². The van der Waals surface area contributed by atoms with Crippen LogP contribution >= 0.6 is 0 Å². The molecule has 0 saturated carbocycles. The lowest BCUT2D eigenvalue weighted by molar-refractivity contribution is 0.255. The van der Waals surface area contributed by atoms with Gasteiger partial charge in [0.25, 0.3) is 0 Å². The zero-order valence-electron chi connectivity index (χ0n) is 15.6. The predicted molar refractivity (Wildman–Crippen MR) is 105 cm³/mol. The largest absolute Gasteiger partial charge is 0.494 e. The first kappa shape index (κ1) is 17.2. The topological polar surface area (TPSA) is 64.3 Å². The molecule has 0 spiro atoms. The van der Waals surface area contributed by atoms with Gasteiger partial charge in [0.05, 0.1) is 12.3 Å². The summed E-state index contributed by atoms with van der Waals surface area (Å²) in [5, 5.41) is 7.65. The molecule has 140 valence electrons. The number of hydrogen-bond acceptors (Lipinski definition) is 3. The lowest BCUT2D eigenvalue weighted by Gasteiger charge is -2.27. The van der Waals surface area contributed by atoms with Gasteiger partial charge in [-0.2, -0.15) is 5.10 Å². The zero-order chi connectivity index (χ0) is 18.8. The highest BCUT2D eigenvalue weighted by atomic mass is 16.5. The number of carbonyl (C=O) groups excluding carboxylic acids is 1. The number of fused-ring (bicyclic) bond motifs is 1. The van der Waals surface area contributed by atoms with E-state index >= 15 is 0 Å². The van der Waals surface area contributed by atoms with Crippen LogP contribution in [0.4, 0.5) is 16.3 Å². The third kappa shape index (κ3) is 3.40. The summed E-state index contributed by atoms with van der Waals surface area (Å²) in [5.74, 6) is 1.61. The minimum absolute atomic E-state index is 0.154. The number of ether oxygens (including phenoxy) is 1. The summed E-state index contributed by atoms with van der Waals surface area (Å²) in [5.41, 5.74) is 2.64. The quantitative estimate of drug-likeness (QED) is 0.766. The number of amides is 2. The Morgan fingerprint density at radius 3 is 2.74 bits per heavy atom. The van der Waals surface area contributed by atoms with Crippen LogP contribution in [0.1, 0.15) is 13.3 Å². The molecule has 1 aromatic carbocycles. The predicted octanol–water partition coefficient (Wildman–Crippen LogP) is 3.73. The third-order valence-corrected chi connectivity index (χ3v) is 4.65. The van der Waals surface area contributed by atoms with Crippen molar-refractivity contribution in [2.75, 3.05) is 23.4 Å². The smallest absolute Gasteiger partial charge is 0.327 e. The van der Waals surface area contributed by atoms with E-state index in [-0.39, 0.29) is 6.03 Å². The third-order valence-electron chi connectivity index (χ3n) is 4.65. The maximum atomic E-state index is 12.8. The van der Waals surface area contributed by atoms with Gasteiger partial charge in [-0.1, -0.05) is 0 Å². The number of urea groups is 1. The van der Waals surface area contributed by atoms with Crippen LogP contribution in [0.3, 0.4) is 0 Å². The Labute approximate surface area is 158 Å². The van der Waals surface area contributed by atoms with Gasteiger partial charge < -0.3 is 14.6 Å². The Kier molecular flexibility index (Phi) is 4.58. The molecular formula is C20H23N5O2. The summed E-state index contributed by atoms with van der Waals surface area (Å²) in [4.78, 5) is 14.6. The van der Waals surface area contributed by atoms with Gasteiger partial charge in [0.15, 0.2) is 0 Å². The Morgan fingerprint density at radius 2 is 2.04 bits per heavy atom. The van der Waals surface area contributed by atoms with Crippen molar-refractivity contribution < 1.29 is 9.53 Å². The molecule has 0 fully saturated rings. The second-order valence-electron chi connectivity index (χ2n) is 6.51. The molecule has 3 heterocycles. The highest BCUT2D eigenvalue weighted by Gasteiger charge is 2.25. The van der Waals surface area contributed by atoms with E-state index in [0.717, 1.165) is 41.6 Å². The molecule has 2 aromatic heterocycles. The van der Waals surface area contributed by atoms with E-state index in [4.69, 9.17) is 4.74 Å². The average molecular weight is 365 g/mol. The Hall–Kier alpha value is -3.22. The maximum absolute atomic E-state index is 12.8. The molecule has 0 saturated heterocycles. The van der Waals surface area contributed by atoms with Crippen LogP contribution in [0.25, 0.3) is 11.4 Å². The fraction of sp³-hybridized carbons (Fsp3) is 0.300. The highest BCUT2D eigenvalue weighted by Crippen LogP contribution is 2.28. The molecule has 0 aliphatic carbocycles. The van der Waals surface area contributed by atoms with Crippen molar-refractivity contribution >= 4 is 17.5 Å². The van der Waals surface area contributed by atoms with Crippen LogP contribution in [0.2, 0.25) is 0 Å². The van der Waals surface area contributed by atoms with E-state index in [2.05, 4.69) is 10.4 Å². The molecule has 0 bridgehead atoms. The highest BCUT2D eigenvalue weighted by molar-refractivity contribution is 6.01. The van der Waals surface area contributed by atoms with Crippen LogP contribution < -0.4 is 15.0 Å². The van der Waals surface area contributed by atoms with Crippen molar-refractivity contribution in [1.82, 2.24) is 14.3 Å². The van der Waals surface area contributed by atoms with Crippen molar-refractivity contribution in [3.05, 3.63) is 48.7 Å². The molecule has 7 heteroatoms. The first-order chi connectivity index (χ1) is 13.2. The van der Waals surface area contributed by atoms with Gasteiger partial charge in [0.1, 0.15) is 17.3 Å². The van der Waals surface area contributed by atoms with E-state index in [0.29, 0.717) is 13.2 Å². The molecule has 1 aliphatic heterocycles. The van der Waals surface area contributed by atoms with Crippen LogP contribution in [0.15, 0.2) is 48.7 Å². The van der Waals surface area contributed by atoms with Gasteiger partial charge in [-0.15, -0.1) is 0 Å². The second kappa shape index (κ2) is 7.19. The summed E-state index contributed by atoms with van der Waals surface area (Å²) in [6.45, 7) is 4.04. The van der Waals surface area contributed by atoms with Crippen LogP contribution in [0, 0.1) is 0 Å². The van der Waals surface area contributed by atoms with Crippen molar-refractivity contribution in [1.29, 1.82) is 0 Å². The zero-order valence-corrected chi connectivity index (χ0v) is 15.6. The number of rotatable bonds is 4. The Morgan fingerprint density at radius 1 is 1.22 bits per heavy atom. The standard InChI is InChI=1S/C20H23N5O2/c1-3-27-16-9-7-15(8-10-16)21-20(26)24-12-5-13-25-19(24)14-17(22-25)18-6-4-11-23(18)2/h4,6-11,14H,3,5,12-13H2,1-2H3,(H,21,26). The van der Waals surface area contributed by atoms with E-state index in [1.165, 1.54) is 0 Å². The van der Waals surface area contributed by atoms with Crippen molar-refractivity contribution in [2.45, 2.75) is 19.9 Å². The molecule has 0 unspecified atom stereocenters. The molecule has 1 aliphatic rings. The van der Waals surface area contributed by atoms with Crippen molar-refractivity contribution in [2.24, 2.45) is 7.05 Å². The summed E-state index contributed by atoms with van der Waals surface area (Å²) in [6, 6.07) is 13.2. The van der Waals surface area contributed by atoms with Gasteiger partial charge in [0.2, 0.25) is 0 Å². The van der Waals surface area contributed by atoms with E-state index in [1.54, 1.807) is 4.90 Å². The molecule has 1 N–H and O–H groups in total. The molecule has 7 nitrogen and oxygen atoms in total. The number of aromatic nitrogens is 3. The Bertz CT molecular complexity index is 942. The summed E-state index contributed by atoms with van der Waals surface area (Å²) in [7, 11) is 1.99. The Balaban J connectivity index is 1.54. The average Bonchev–Trinajstić information content (AvgIpc) is 3.28. The fourth-order valence-corrected chi connectivity index (χ4v) is 3.33. The monoisotopic (exact) mass is 365 g/mol. The van der Waals surface area contributed by atoms with Gasteiger partial charge in [0, 0.05) is 38.1 Å². The maximum Gasteiger partial charge on any atom is 0.327 e. The second-order valence-corrected chi connectivity index (χ2v) is 6.51. The lowest BCUT2D eigenvalue weighted by atomic mass is 10.2. The summed E-state index contributed by atoms with van der Waals surface area (Å²) in [6.07, 6.45) is 2.86. The normalized spacial score (nSPS) is 13.3. The first-order valence-corrected chi connectivity index (χ1v) is 9.16. The summed E-state index contributed by atoms with van der Waals surface area (Å²) < 4.78 is 9.37. The van der Waals surface area contributed by atoms with Crippen LogP contribution in [0.5, 0.6) is 5.75 Å². The van der Waals surface area contributed by atoms with Crippen molar-refractivity contribution in [3.63, 3.8) is 0 Å². The van der Waals surface area contributed by atoms with Crippen LogP contribution in [-0.2, 0) is 13.6 Å². The van der Waals surface area contributed by atoms with Crippen LogP contribution in [-0.4, -0.2) is 33.5 Å². The summed E-state index contributed by atoms with van der Waals surface area (Å²) >= 11 is 0. The number of carbonyl (C=O) groups is 1. The molecule has 0 atom stereocenters. The molecular weight excluding hydrogens is 342 g/mol. The number of hydrogen-bond donors (Lipinski definition) is 1. The minimum atomic E-state index is -0.154. The number of benzene rings is 1. The number of nitrogens with zero attached hydrogens (tertiary/aromatic N) is 4. The van der Waals surface area contributed by atoms with Gasteiger partial charge in [-0.25, -0.2) is 9.48 Å². The SMILES string of the molecule is CCOc1ccc(NC(=O)N2CCCn3nc(-c4cccn4C)cc32)cc1. The van der Waals surface area contributed by atoms with E-state index in [1.807, 2.05) is 71.9 Å². The fourth-order valence-electron chi connectivity index (χ4n) is 3.33. The van der Waals surface area contributed by atoms with Gasteiger partial charge in [-0.3, -0.25) is 4.90 Å². The molecule has 4 rings (SSSR count). The molecule has 3 aromatic rings. The first-order valence-electron chi connectivity index (χ1n) is 9.16. The van der Waals surface area contributed by atoms with Crippen molar-refractivity contribution in [3.8, 4) is 17.1 Å². The molecule has 27 heavy (non-hydrogen) atoms.